The summed E-state index contributed by atoms with van der Waals surface area (Å²) in [5, 5.41) is 26.3. The van der Waals surface area contributed by atoms with Crippen LogP contribution in [-0.4, -0.2) is 68.4 Å². The topological polar surface area (TPSA) is 100 Å². The molecule has 188 valence electrons. The average molecular weight is 527 g/mol. The van der Waals surface area contributed by atoms with E-state index in [0.717, 1.165) is 27.6 Å². The first-order valence-electron chi connectivity index (χ1n) is 11.7. The van der Waals surface area contributed by atoms with E-state index in [1.807, 2.05) is 46.0 Å². The van der Waals surface area contributed by atoms with Crippen molar-refractivity contribution in [3.8, 4) is 0 Å². The van der Waals surface area contributed by atoms with Crippen LogP contribution in [0.5, 0.6) is 0 Å². The van der Waals surface area contributed by atoms with Gasteiger partial charge in [-0.2, -0.15) is 10.1 Å². The summed E-state index contributed by atoms with van der Waals surface area (Å²) in [6.07, 6.45) is 3.37. The summed E-state index contributed by atoms with van der Waals surface area (Å²) in [4.78, 5) is 19.3. The number of aliphatic hydroxyl groups is 2. The number of fused-ring (bicyclic) bond motifs is 1. The Kier molecular flexibility index (Phi) is 6.93. The molecule has 3 heterocycles. The number of aliphatic imine (C=N–C) groups is 1. The lowest BCUT2D eigenvalue weighted by atomic mass is 9.97. The van der Waals surface area contributed by atoms with Gasteiger partial charge in [0.1, 0.15) is 0 Å². The summed E-state index contributed by atoms with van der Waals surface area (Å²) in [5.74, 6) is -0.262. The van der Waals surface area contributed by atoms with Gasteiger partial charge in [0.2, 0.25) is 0 Å². The van der Waals surface area contributed by atoms with Gasteiger partial charge in [0.15, 0.2) is 5.17 Å². The minimum absolute atomic E-state index is 0.0584. The van der Waals surface area contributed by atoms with E-state index in [2.05, 4.69) is 10.1 Å². The number of aliphatic hydroxyl groups excluding tert-OH is 1. The second kappa shape index (κ2) is 9.99. The molecule has 0 saturated carbocycles. The van der Waals surface area contributed by atoms with Crippen LogP contribution in [0.2, 0.25) is 5.02 Å². The first kappa shape index (κ1) is 25.0. The number of halogens is 1. The van der Waals surface area contributed by atoms with Gasteiger partial charge in [-0.15, -0.1) is 0 Å². The van der Waals surface area contributed by atoms with Crippen LogP contribution in [0, 0.1) is 0 Å². The van der Waals surface area contributed by atoms with E-state index in [9.17, 15) is 15.0 Å². The highest BCUT2D eigenvalue weighted by Crippen LogP contribution is 2.32. The Balaban J connectivity index is 1.32. The van der Waals surface area contributed by atoms with Crippen LogP contribution >= 0.6 is 23.4 Å². The molecule has 5 rings (SSSR count). The summed E-state index contributed by atoms with van der Waals surface area (Å²) < 4.78 is 7.37. The summed E-state index contributed by atoms with van der Waals surface area (Å²) in [5.41, 5.74) is 2.54. The number of benzene rings is 2. The number of ether oxygens (including phenoxy) is 1. The first-order chi connectivity index (χ1) is 17.2. The lowest BCUT2D eigenvalue weighted by Gasteiger charge is -2.32. The molecule has 2 N–H and O–H groups in total. The van der Waals surface area contributed by atoms with Gasteiger partial charge in [-0.25, -0.2) is 0 Å². The predicted molar refractivity (Wildman–Crippen MR) is 142 cm³/mol. The van der Waals surface area contributed by atoms with E-state index < -0.39 is 5.60 Å². The number of morpholine rings is 1. The van der Waals surface area contributed by atoms with Crippen molar-refractivity contribution >= 4 is 51.4 Å². The van der Waals surface area contributed by atoms with Crippen molar-refractivity contribution in [1.82, 2.24) is 14.7 Å². The number of rotatable bonds is 5. The maximum atomic E-state index is 12.5. The SMILES string of the molecule is CC(C)(O)c1ccc(Cn2ncc3cc(C=C4SC(N5CCO[C@@H](CO)C5)=NC4=O)ccc32)c(Cl)c1. The van der Waals surface area contributed by atoms with Gasteiger partial charge < -0.3 is 19.8 Å². The lowest BCUT2D eigenvalue weighted by Crippen LogP contribution is -2.45. The van der Waals surface area contributed by atoms with E-state index in [4.69, 9.17) is 16.3 Å². The predicted octanol–water partition coefficient (Wildman–Crippen LogP) is 3.63. The fourth-order valence-corrected chi connectivity index (χ4v) is 5.42. The molecule has 0 radical (unpaired) electrons. The molecule has 0 unspecified atom stereocenters. The molecular formula is C26H27ClN4O4S. The van der Waals surface area contributed by atoms with Crippen molar-refractivity contribution in [2.75, 3.05) is 26.3 Å². The third-order valence-electron chi connectivity index (χ3n) is 6.27. The quantitative estimate of drug-likeness (QED) is 0.490. The van der Waals surface area contributed by atoms with Crippen molar-refractivity contribution < 1.29 is 19.7 Å². The third-order valence-corrected chi connectivity index (χ3v) is 7.66. The lowest BCUT2D eigenvalue weighted by molar-refractivity contribution is -0.113. The number of carbonyl (C=O) groups is 1. The van der Waals surface area contributed by atoms with Crippen molar-refractivity contribution in [2.45, 2.75) is 32.1 Å². The molecule has 1 aromatic heterocycles. The van der Waals surface area contributed by atoms with E-state index in [0.29, 0.717) is 41.3 Å². The van der Waals surface area contributed by atoms with E-state index in [-0.39, 0.29) is 18.6 Å². The Morgan fingerprint density at radius 3 is 2.86 bits per heavy atom. The maximum Gasteiger partial charge on any atom is 0.286 e. The maximum absolute atomic E-state index is 12.5. The van der Waals surface area contributed by atoms with Gasteiger partial charge in [-0.05, 0) is 66.6 Å². The Labute approximate surface area is 218 Å². The number of amides is 1. The number of thioether (sulfide) groups is 1. The Morgan fingerprint density at radius 1 is 1.28 bits per heavy atom. The highest BCUT2D eigenvalue weighted by molar-refractivity contribution is 8.18. The van der Waals surface area contributed by atoms with Gasteiger partial charge in [0.05, 0.1) is 48.1 Å². The standard InChI is InChI=1S/C26H27ClN4O4S/c1-26(2,34)19-5-4-17(21(27)11-19)13-31-22-6-3-16(9-18(22)12-28-31)10-23-24(33)29-25(36-23)30-7-8-35-20(14-30)15-32/h3-6,9-12,20,32,34H,7-8,13-15H2,1-2H3/t20-/m1/s1. The smallest absolute Gasteiger partial charge is 0.286 e. The van der Waals surface area contributed by atoms with E-state index >= 15 is 0 Å². The molecule has 2 aliphatic rings. The second-order valence-corrected chi connectivity index (χ2v) is 10.8. The van der Waals surface area contributed by atoms with E-state index in [1.54, 1.807) is 26.1 Å². The van der Waals surface area contributed by atoms with Crippen LogP contribution in [0.1, 0.15) is 30.5 Å². The van der Waals surface area contributed by atoms with Gasteiger partial charge in [-0.1, -0.05) is 29.8 Å². The van der Waals surface area contributed by atoms with Crippen LogP contribution in [0.4, 0.5) is 0 Å². The number of amidine groups is 1. The minimum Gasteiger partial charge on any atom is -0.394 e. The molecule has 8 nitrogen and oxygen atoms in total. The number of hydrogen-bond donors (Lipinski definition) is 2. The fraction of sp³-hybridized carbons (Fsp3) is 0.346. The molecule has 0 spiro atoms. The molecule has 0 bridgehead atoms. The van der Waals surface area contributed by atoms with Crippen molar-refractivity contribution in [2.24, 2.45) is 4.99 Å². The average Bonchev–Trinajstić information content (AvgIpc) is 3.42. The largest absolute Gasteiger partial charge is 0.394 e. The molecule has 1 saturated heterocycles. The molecule has 1 amide bonds. The molecule has 36 heavy (non-hydrogen) atoms. The molecule has 2 aliphatic heterocycles. The summed E-state index contributed by atoms with van der Waals surface area (Å²) in [6, 6.07) is 11.5. The first-order valence-corrected chi connectivity index (χ1v) is 12.9. The summed E-state index contributed by atoms with van der Waals surface area (Å²) in [7, 11) is 0. The Hall–Kier alpha value is -2.69. The molecule has 2 aromatic carbocycles. The number of aromatic nitrogens is 2. The van der Waals surface area contributed by atoms with Gasteiger partial charge in [-0.3, -0.25) is 9.48 Å². The monoisotopic (exact) mass is 526 g/mol. The molecule has 0 aliphatic carbocycles. The zero-order valence-corrected chi connectivity index (χ0v) is 21.6. The third kappa shape index (κ3) is 5.21. The zero-order chi connectivity index (χ0) is 25.4. The van der Waals surface area contributed by atoms with Crippen molar-refractivity contribution in [3.63, 3.8) is 0 Å². The van der Waals surface area contributed by atoms with E-state index in [1.165, 1.54) is 11.8 Å². The van der Waals surface area contributed by atoms with Gasteiger partial charge >= 0.3 is 0 Å². The van der Waals surface area contributed by atoms with Gasteiger partial charge in [0.25, 0.3) is 5.91 Å². The van der Waals surface area contributed by atoms with Gasteiger partial charge in [0, 0.05) is 23.5 Å². The van der Waals surface area contributed by atoms with Crippen molar-refractivity contribution in [1.29, 1.82) is 0 Å². The molecule has 10 heteroatoms. The second-order valence-electron chi connectivity index (χ2n) is 9.42. The van der Waals surface area contributed by atoms with Crippen LogP contribution in [0.15, 0.2) is 52.5 Å². The Morgan fingerprint density at radius 2 is 2.11 bits per heavy atom. The Bertz CT molecular complexity index is 1380. The molecule has 3 aromatic rings. The minimum atomic E-state index is -0.958. The molecule has 1 atom stereocenters. The van der Waals surface area contributed by atoms with Crippen molar-refractivity contribution in [3.05, 3.63) is 69.2 Å². The number of nitrogens with zero attached hydrogens (tertiary/aromatic N) is 4. The number of carbonyl (C=O) groups excluding carboxylic acids is 1. The van der Waals surface area contributed by atoms with Crippen LogP contribution in [0.3, 0.4) is 0 Å². The normalized spacial score (nSPS) is 20.0. The highest BCUT2D eigenvalue weighted by atomic mass is 35.5. The highest BCUT2D eigenvalue weighted by Gasteiger charge is 2.29. The summed E-state index contributed by atoms with van der Waals surface area (Å²) in [6.45, 7) is 5.54. The summed E-state index contributed by atoms with van der Waals surface area (Å²) >= 11 is 7.84. The fourth-order valence-electron chi connectivity index (χ4n) is 4.23. The van der Waals surface area contributed by atoms with Crippen LogP contribution < -0.4 is 0 Å². The van der Waals surface area contributed by atoms with Crippen LogP contribution in [0.25, 0.3) is 17.0 Å². The molecule has 1 fully saturated rings. The van der Waals surface area contributed by atoms with Crippen LogP contribution in [-0.2, 0) is 21.7 Å². The molecular weight excluding hydrogens is 500 g/mol. The zero-order valence-electron chi connectivity index (χ0n) is 20.0. The number of hydrogen-bond acceptors (Lipinski definition) is 7.